The molecule has 1 saturated heterocycles. The van der Waals surface area contributed by atoms with Gasteiger partial charge in [-0.05, 0) is 25.0 Å². The van der Waals surface area contributed by atoms with Gasteiger partial charge in [0.2, 0.25) is 0 Å². The fourth-order valence-electron chi connectivity index (χ4n) is 3.82. The summed E-state index contributed by atoms with van der Waals surface area (Å²) in [5.74, 6) is -0.678. The molecule has 1 fully saturated rings. The van der Waals surface area contributed by atoms with Crippen molar-refractivity contribution in [2.24, 2.45) is 5.41 Å². The van der Waals surface area contributed by atoms with Crippen molar-refractivity contribution >= 4 is 40.1 Å². The van der Waals surface area contributed by atoms with E-state index >= 15 is 0 Å². The Balaban J connectivity index is 1.85. The first kappa shape index (κ1) is 18.7. The Morgan fingerprint density at radius 2 is 2.15 bits per heavy atom. The molecule has 2 heterocycles. The number of H-pyrrole nitrogens is 1. The Morgan fingerprint density at radius 3 is 2.85 bits per heavy atom. The van der Waals surface area contributed by atoms with Crippen molar-refractivity contribution in [2.45, 2.75) is 26.7 Å². The van der Waals surface area contributed by atoms with Crippen molar-refractivity contribution < 1.29 is 19.2 Å². The number of ether oxygens (including phenoxy) is 1. The molecule has 26 heavy (non-hydrogen) atoms. The molecule has 3 rings (SSSR count). The van der Waals surface area contributed by atoms with Gasteiger partial charge in [-0.25, -0.2) is 4.79 Å². The number of esters is 1. The normalized spacial score (nSPS) is 19.3. The minimum absolute atomic E-state index is 0.135. The van der Waals surface area contributed by atoms with E-state index in [4.69, 9.17) is 16.3 Å². The van der Waals surface area contributed by atoms with E-state index in [0.717, 1.165) is 19.5 Å². The summed E-state index contributed by atoms with van der Waals surface area (Å²) in [7, 11) is 1.31. The highest BCUT2D eigenvalue weighted by Crippen LogP contribution is 2.34. The van der Waals surface area contributed by atoms with Gasteiger partial charge in [-0.2, -0.15) is 0 Å². The van der Waals surface area contributed by atoms with Crippen LogP contribution in [0.2, 0.25) is 5.02 Å². The number of benzene rings is 1. The first-order valence-corrected chi connectivity index (χ1v) is 9.20. The molecule has 0 saturated carbocycles. The van der Waals surface area contributed by atoms with Crippen LogP contribution in [0.5, 0.6) is 0 Å². The standard InChI is InChI=1S/C19H24ClN3O3/c1-19(2)8-5-9-23(11-19)10-14(24)22-16-15-12(20)6-4-7-13(15)21-17(16)18(25)26-3/h4,6-7,21H,5,8-11H2,1-3H3,(H,22,24)/p+1. The van der Waals surface area contributed by atoms with Crippen LogP contribution >= 0.6 is 11.6 Å². The number of carbonyl (C=O) groups excluding carboxylic acids is 2. The van der Waals surface area contributed by atoms with Crippen LogP contribution in [0.25, 0.3) is 10.9 Å². The molecular formula is C19H25ClN3O3+. The summed E-state index contributed by atoms with van der Waals surface area (Å²) >= 11 is 6.31. The Labute approximate surface area is 157 Å². The maximum absolute atomic E-state index is 12.7. The van der Waals surface area contributed by atoms with Gasteiger partial charge in [0, 0.05) is 16.3 Å². The first-order chi connectivity index (χ1) is 12.3. The number of quaternary nitrogens is 1. The number of piperidine rings is 1. The third kappa shape index (κ3) is 3.86. The average molecular weight is 379 g/mol. The van der Waals surface area contributed by atoms with E-state index in [9.17, 15) is 9.59 Å². The van der Waals surface area contributed by atoms with Gasteiger partial charge in [-0.15, -0.1) is 0 Å². The van der Waals surface area contributed by atoms with Gasteiger partial charge in [-0.1, -0.05) is 31.5 Å². The number of fused-ring (bicyclic) bond motifs is 1. The van der Waals surface area contributed by atoms with Gasteiger partial charge in [0.15, 0.2) is 6.54 Å². The number of hydrogen-bond donors (Lipinski definition) is 3. The van der Waals surface area contributed by atoms with E-state index in [-0.39, 0.29) is 17.0 Å². The Bertz CT molecular complexity index is 844. The summed E-state index contributed by atoms with van der Waals surface area (Å²) in [6, 6.07) is 5.32. The minimum atomic E-state index is -0.543. The third-order valence-electron chi connectivity index (χ3n) is 4.95. The van der Waals surface area contributed by atoms with Crippen LogP contribution in [-0.4, -0.2) is 43.6 Å². The summed E-state index contributed by atoms with van der Waals surface area (Å²) < 4.78 is 4.84. The molecular weight excluding hydrogens is 354 g/mol. The number of rotatable bonds is 4. The van der Waals surface area contributed by atoms with Gasteiger partial charge in [0.05, 0.1) is 30.9 Å². The van der Waals surface area contributed by atoms with Gasteiger partial charge >= 0.3 is 5.97 Å². The molecule has 0 radical (unpaired) electrons. The van der Waals surface area contributed by atoms with Crippen LogP contribution < -0.4 is 10.2 Å². The van der Waals surface area contributed by atoms with Crippen molar-refractivity contribution in [1.82, 2.24) is 4.98 Å². The molecule has 6 nitrogen and oxygen atoms in total. The molecule has 1 aliphatic heterocycles. The molecule has 1 atom stereocenters. The molecule has 1 aromatic heterocycles. The zero-order valence-electron chi connectivity index (χ0n) is 15.4. The zero-order valence-corrected chi connectivity index (χ0v) is 16.1. The van der Waals surface area contributed by atoms with E-state index < -0.39 is 5.97 Å². The molecule has 1 aliphatic rings. The zero-order chi connectivity index (χ0) is 18.9. The van der Waals surface area contributed by atoms with Crippen LogP contribution in [0.4, 0.5) is 5.69 Å². The smallest absolute Gasteiger partial charge is 0.356 e. The summed E-state index contributed by atoms with van der Waals surface area (Å²) in [6.45, 7) is 6.77. The number of halogens is 1. The number of amides is 1. The number of anilines is 1. The Kier molecular flexibility index (Phi) is 5.25. The molecule has 140 valence electrons. The molecule has 0 spiro atoms. The predicted octanol–water partition coefficient (Wildman–Crippen LogP) is 2.25. The minimum Gasteiger partial charge on any atom is -0.464 e. The van der Waals surface area contributed by atoms with Gasteiger partial charge < -0.3 is 19.9 Å². The van der Waals surface area contributed by atoms with Crippen molar-refractivity contribution in [3.8, 4) is 0 Å². The highest BCUT2D eigenvalue weighted by Gasteiger charge is 2.31. The highest BCUT2D eigenvalue weighted by atomic mass is 35.5. The maximum atomic E-state index is 12.7. The Hall–Kier alpha value is -2.05. The van der Waals surface area contributed by atoms with E-state index in [1.807, 2.05) is 6.07 Å². The quantitative estimate of drug-likeness (QED) is 0.714. The van der Waals surface area contributed by atoms with Crippen molar-refractivity contribution in [1.29, 1.82) is 0 Å². The number of hydrogen-bond acceptors (Lipinski definition) is 3. The highest BCUT2D eigenvalue weighted by molar-refractivity contribution is 6.37. The monoisotopic (exact) mass is 378 g/mol. The second-order valence-corrected chi connectivity index (χ2v) is 8.11. The fourth-order valence-corrected chi connectivity index (χ4v) is 4.09. The molecule has 3 N–H and O–H groups in total. The predicted molar refractivity (Wildman–Crippen MR) is 102 cm³/mol. The lowest BCUT2D eigenvalue weighted by atomic mass is 9.84. The average Bonchev–Trinajstić information content (AvgIpc) is 2.93. The van der Waals surface area contributed by atoms with Gasteiger partial charge in [0.1, 0.15) is 5.69 Å². The second-order valence-electron chi connectivity index (χ2n) is 7.70. The number of carbonyl (C=O) groups is 2. The van der Waals surface area contributed by atoms with Crippen molar-refractivity contribution in [3.63, 3.8) is 0 Å². The van der Waals surface area contributed by atoms with E-state index in [1.54, 1.807) is 12.1 Å². The van der Waals surface area contributed by atoms with Crippen LogP contribution in [0.15, 0.2) is 18.2 Å². The summed E-state index contributed by atoms with van der Waals surface area (Å²) in [6.07, 6.45) is 2.30. The van der Waals surface area contributed by atoms with Crippen molar-refractivity contribution in [3.05, 3.63) is 28.9 Å². The largest absolute Gasteiger partial charge is 0.464 e. The lowest BCUT2D eigenvalue weighted by Crippen LogP contribution is -3.15. The maximum Gasteiger partial charge on any atom is 0.356 e. The summed E-state index contributed by atoms with van der Waals surface area (Å²) in [5.41, 5.74) is 1.52. The van der Waals surface area contributed by atoms with E-state index in [1.165, 1.54) is 18.4 Å². The van der Waals surface area contributed by atoms with Crippen LogP contribution in [0.3, 0.4) is 0 Å². The lowest BCUT2D eigenvalue weighted by Gasteiger charge is -2.34. The van der Waals surface area contributed by atoms with Crippen LogP contribution in [0, 0.1) is 5.41 Å². The molecule has 7 heteroatoms. The van der Waals surface area contributed by atoms with Crippen LogP contribution in [0.1, 0.15) is 37.2 Å². The Morgan fingerprint density at radius 1 is 1.38 bits per heavy atom. The van der Waals surface area contributed by atoms with Gasteiger partial charge in [-0.3, -0.25) is 4.79 Å². The second kappa shape index (κ2) is 7.29. The first-order valence-electron chi connectivity index (χ1n) is 8.82. The molecule has 1 unspecified atom stereocenters. The van der Waals surface area contributed by atoms with Crippen LogP contribution in [-0.2, 0) is 9.53 Å². The lowest BCUT2D eigenvalue weighted by molar-refractivity contribution is -0.904. The molecule has 1 aromatic carbocycles. The fraction of sp³-hybridized carbons (Fsp3) is 0.474. The van der Waals surface area contributed by atoms with E-state index in [0.29, 0.717) is 28.2 Å². The number of nitrogens with one attached hydrogen (secondary N) is 3. The SMILES string of the molecule is COC(=O)c1[nH]c2cccc(Cl)c2c1NC(=O)C[NH+]1CCCC(C)(C)C1. The van der Waals surface area contributed by atoms with Gasteiger partial charge in [0.25, 0.3) is 5.91 Å². The molecule has 1 amide bonds. The summed E-state index contributed by atoms with van der Waals surface area (Å²) in [4.78, 5) is 29.0. The number of likely N-dealkylation sites (tertiary alicyclic amines) is 1. The molecule has 0 bridgehead atoms. The number of aromatic amines is 1. The molecule has 2 aromatic rings. The number of aromatic nitrogens is 1. The van der Waals surface area contributed by atoms with E-state index in [2.05, 4.69) is 24.1 Å². The number of methoxy groups -OCH3 is 1. The third-order valence-corrected chi connectivity index (χ3v) is 5.27. The topological polar surface area (TPSA) is 75.6 Å². The summed E-state index contributed by atoms with van der Waals surface area (Å²) in [5, 5.41) is 3.98. The molecule has 0 aliphatic carbocycles. The van der Waals surface area contributed by atoms with Crippen molar-refractivity contribution in [2.75, 3.05) is 32.1 Å².